The Morgan fingerprint density at radius 1 is 1.33 bits per heavy atom. The number of benzene rings is 1. The standard InChI is InChI=1S/C13H16Cl2/c14-12-5-1-3-10(9-12)4-2-6-13(15)11-7-8-11/h1,3,5,9,11,13H,2,4,6-8H2. The molecule has 1 unspecified atom stereocenters. The quantitative estimate of drug-likeness (QED) is 0.658. The van der Waals surface area contributed by atoms with E-state index in [0.717, 1.165) is 23.8 Å². The molecular formula is C13H16Cl2. The van der Waals surface area contributed by atoms with Crippen LogP contribution in [0.3, 0.4) is 0 Å². The summed E-state index contributed by atoms with van der Waals surface area (Å²) in [5.41, 5.74) is 1.32. The van der Waals surface area contributed by atoms with Crippen molar-refractivity contribution in [1.29, 1.82) is 0 Å². The van der Waals surface area contributed by atoms with Crippen LogP contribution in [0.25, 0.3) is 0 Å². The first-order valence-corrected chi connectivity index (χ1v) is 6.45. The molecule has 1 atom stereocenters. The second-order valence-electron chi connectivity index (χ2n) is 4.38. The van der Waals surface area contributed by atoms with E-state index < -0.39 is 0 Å². The van der Waals surface area contributed by atoms with Gasteiger partial charge in [-0.25, -0.2) is 0 Å². The van der Waals surface area contributed by atoms with Crippen molar-refractivity contribution in [3.8, 4) is 0 Å². The average molecular weight is 243 g/mol. The second-order valence-corrected chi connectivity index (χ2v) is 5.37. The van der Waals surface area contributed by atoms with Gasteiger partial charge in [0, 0.05) is 10.4 Å². The van der Waals surface area contributed by atoms with E-state index in [2.05, 4.69) is 6.07 Å². The molecule has 2 rings (SSSR count). The van der Waals surface area contributed by atoms with E-state index in [9.17, 15) is 0 Å². The van der Waals surface area contributed by atoms with E-state index in [1.165, 1.54) is 24.8 Å². The average Bonchev–Trinajstić information content (AvgIpc) is 3.00. The van der Waals surface area contributed by atoms with Crippen molar-refractivity contribution in [3.05, 3.63) is 34.9 Å². The van der Waals surface area contributed by atoms with Gasteiger partial charge in [0.05, 0.1) is 0 Å². The zero-order chi connectivity index (χ0) is 10.7. The van der Waals surface area contributed by atoms with Gasteiger partial charge in [0.25, 0.3) is 0 Å². The molecule has 1 aromatic rings. The van der Waals surface area contributed by atoms with Crippen molar-refractivity contribution >= 4 is 23.2 Å². The maximum Gasteiger partial charge on any atom is 0.0408 e. The summed E-state index contributed by atoms with van der Waals surface area (Å²) in [6.45, 7) is 0. The summed E-state index contributed by atoms with van der Waals surface area (Å²) < 4.78 is 0. The summed E-state index contributed by atoms with van der Waals surface area (Å²) in [5.74, 6) is 0.811. The third-order valence-electron chi connectivity index (χ3n) is 2.97. The van der Waals surface area contributed by atoms with Gasteiger partial charge in [-0.05, 0) is 55.7 Å². The van der Waals surface area contributed by atoms with Gasteiger partial charge in [-0.15, -0.1) is 11.6 Å². The fourth-order valence-corrected chi connectivity index (χ4v) is 2.51. The van der Waals surface area contributed by atoms with Crippen LogP contribution >= 0.6 is 23.2 Å². The van der Waals surface area contributed by atoms with Gasteiger partial charge < -0.3 is 0 Å². The molecule has 0 radical (unpaired) electrons. The maximum atomic E-state index is 6.25. The minimum atomic E-state index is 0.407. The highest BCUT2D eigenvalue weighted by atomic mass is 35.5. The van der Waals surface area contributed by atoms with E-state index in [1.807, 2.05) is 18.2 Å². The molecule has 0 spiro atoms. The van der Waals surface area contributed by atoms with Crippen LogP contribution in [0.4, 0.5) is 0 Å². The highest BCUT2D eigenvalue weighted by Crippen LogP contribution is 2.37. The largest absolute Gasteiger partial charge is 0.123 e. The number of aryl methyl sites for hydroxylation is 1. The predicted molar refractivity (Wildman–Crippen MR) is 66.8 cm³/mol. The van der Waals surface area contributed by atoms with Gasteiger partial charge in [-0.3, -0.25) is 0 Å². The molecule has 0 aliphatic heterocycles. The Balaban J connectivity index is 1.73. The number of rotatable bonds is 5. The molecule has 0 amide bonds. The first-order valence-electron chi connectivity index (χ1n) is 5.64. The SMILES string of the molecule is Clc1cccc(CCCC(Cl)C2CC2)c1. The van der Waals surface area contributed by atoms with Crippen LogP contribution in [-0.4, -0.2) is 5.38 Å². The summed E-state index contributed by atoms with van der Waals surface area (Å²) in [5, 5.41) is 1.24. The van der Waals surface area contributed by atoms with Crippen LogP contribution in [0.1, 0.15) is 31.2 Å². The summed E-state index contributed by atoms with van der Waals surface area (Å²) >= 11 is 12.2. The topological polar surface area (TPSA) is 0 Å². The Labute approximate surface area is 102 Å². The molecule has 0 nitrogen and oxygen atoms in total. The lowest BCUT2D eigenvalue weighted by molar-refractivity contribution is 0.637. The molecule has 1 aromatic carbocycles. The van der Waals surface area contributed by atoms with Gasteiger partial charge in [-0.2, -0.15) is 0 Å². The van der Waals surface area contributed by atoms with Crippen LogP contribution < -0.4 is 0 Å². The number of hydrogen-bond acceptors (Lipinski definition) is 0. The van der Waals surface area contributed by atoms with Crippen LogP contribution in [0, 0.1) is 5.92 Å². The minimum Gasteiger partial charge on any atom is -0.123 e. The van der Waals surface area contributed by atoms with Crippen molar-refractivity contribution < 1.29 is 0 Å². The van der Waals surface area contributed by atoms with E-state index in [4.69, 9.17) is 23.2 Å². The van der Waals surface area contributed by atoms with Crippen molar-refractivity contribution in [2.24, 2.45) is 5.92 Å². The molecule has 82 valence electrons. The summed E-state index contributed by atoms with van der Waals surface area (Å²) in [6, 6.07) is 8.10. The lowest BCUT2D eigenvalue weighted by Crippen LogP contribution is -2.01. The van der Waals surface area contributed by atoms with Crippen molar-refractivity contribution in [2.75, 3.05) is 0 Å². The fraction of sp³-hybridized carbons (Fsp3) is 0.538. The third-order valence-corrected chi connectivity index (χ3v) is 3.78. The Hall–Kier alpha value is -0.200. The van der Waals surface area contributed by atoms with Gasteiger partial charge in [0.2, 0.25) is 0 Å². The second kappa shape index (κ2) is 5.23. The molecule has 1 fully saturated rings. The molecule has 15 heavy (non-hydrogen) atoms. The van der Waals surface area contributed by atoms with Crippen molar-refractivity contribution in [3.63, 3.8) is 0 Å². The van der Waals surface area contributed by atoms with Crippen molar-refractivity contribution in [1.82, 2.24) is 0 Å². The molecule has 0 saturated heterocycles. The molecular weight excluding hydrogens is 227 g/mol. The van der Waals surface area contributed by atoms with E-state index >= 15 is 0 Å². The smallest absolute Gasteiger partial charge is 0.0408 e. The highest BCUT2D eigenvalue weighted by molar-refractivity contribution is 6.30. The van der Waals surface area contributed by atoms with E-state index in [0.29, 0.717) is 5.38 Å². The first-order chi connectivity index (χ1) is 7.25. The molecule has 2 heteroatoms. The minimum absolute atomic E-state index is 0.407. The highest BCUT2D eigenvalue weighted by Gasteiger charge is 2.28. The monoisotopic (exact) mass is 242 g/mol. The van der Waals surface area contributed by atoms with Crippen LogP contribution in [0.15, 0.2) is 24.3 Å². The first kappa shape index (κ1) is 11.3. The third kappa shape index (κ3) is 3.70. The zero-order valence-corrected chi connectivity index (χ0v) is 10.3. The van der Waals surface area contributed by atoms with E-state index in [-0.39, 0.29) is 0 Å². The summed E-state index contributed by atoms with van der Waals surface area (Å²) in [6.07, 6.45) is 6.08. The Morgan fingerprint density at radius 3 is 2.80 bits per heavy atom. The van der Waals surface area contributed by atoms with Crippen molar-refractivity contribution in [2.45, 2.75) is 37.5 Å². The van der Waals surface area contributed by atoms with Crippen LogP contribution in [-0.2, 0) is 6.42 Å². The molecule has 1 aliphatic rings. The normalized spacial score (nSPS) is 17.7. The fourth-order valence-electron chi connectivity index (χ4n) is 1.89. The molecule has 1 aliphatic carbocycles. The lowest BCUT2D eigenvalue weighted by Gasteiger charge is -2.07. The maximum absolute atomic E-state index is 6.25. The Bertz CT molecular complexity index is 318. The van der Waals surface area contributed by atoms with Gasteiger partial charge in [0.1, 0.15) is 0 Å². The van der Waals surface area contributed by atoms with Gasteiger partial charge >= 0.3 is 0 Å². The number of hydrogen-bond donors (Lipinski definition) is 0. The van der Waals surface area contributed by atoms with Gasteiger partial charge in [-0.1, -0.05) is 23.7 Å². The van der Waals surface area contributed by atoms with Crippen LogP contribution in [0.5, 0.6) is 0 Å². The summed E-state index contributed by atoms with van der Waals surface area (Å²) in [4.78, 5) is 0. The molecule has 0 bridgehead atoms. The summed E-state index contributed by atoms with van der Waals surface area (Å²) in [7, 11) is 0. The lowest BCUT2D eigenvalue weighted by atomic mass is 10.1. The van der Waals surface area contributed by atoms with Gasteiger partial charge in [0.15, 0.2) is 0 Å². The van der Waals surface area contributed by atoms with Crippen LogP contribution in [0.2, 0.25) is 5.02 Å². The Kier molecular flexibility index (Phi) is 3.93. The number of halogens is 2. The Morgan fingerprint density at radius 2 is 2.13 bits per heavy atom. The molecule has 0 heterocycles. The molecule has 1 saturated carbocycles. The molecule has 0 N–H and O–H groups in total. The molecule has 0 aromatic heterocycles. The predicted octanol–water partition coefficient (Wildman–Crippen LogP) is 4.68. The van der Waals surface area contributed by atoms with E-state index in [1.54, 1.807) is 0 Å². The number of alkyl halides is 1. The zero-order valence-electron chi connectivity index (χ0n) is 8.76.